The molecule has 0 radical (unpaired) electrons. The van der Waals surface area contributed by atoms with E-state index >= 15 is 0 Å². The van der Waals surface area contributed by atoms with Crippen LogP contribution in [0.1, 0.15) is 30.2 Å². The number of fused-ring (bicyclic) bond motifs is 1. The Balaban J connectivity index is 1.48. The van der Waals surface area contributed by atoms with Gasteiger partial charge in [-0.05, 0) is 26.0 Å². The topological polar surface area (TPSA) is 80.0 Å². The molecule has 0 bridgehead atoms. The fraction of sp³-hybridized carbons (Fsp3) is 0.292. The molecule has 1 amide bonds. The van der Waals surface area contributed by atoms with Gasteiger partial charge in [-0.3, -0.25) is 4.79 Å². The van der Waals surface area contributed by atoms with Crippen molar-refractivity contribution >= 4 is 22.9 Å². The Kier molecular flexibility index (Phi) is 5.26. The van der Waals surface area contributed by atoms with Crippen LogP contribution in [0.15, 0.2) is 61.1 Å². The van der Waals surface area contributed by atoms with E-state index in [4.69, 9.17) is 4.98 Å². The van der Waals surface area contributed by atoms with Crippen LogP contribution in [0.2, 0.25) is 0 Å². The molecule has 0 aliphatic carbocycles. The molecule has 32 heavy (non-hydrogen) atoms. The smallest absolute Gasteiger partial charge is 0.254 e. The van der Waals surface area contributed by atoms with Gasteiger partial charge in [-0.2, -0.15) is 5.10 Å². The van der Waals surface area contributed by atoms with E-state index in [9.17, 15) is 4.79 Å². The van der Waals surface area contributed by atoms with E-state index < -0.39 is 0 Å². The molecular weight excluding hydrogens is 402 g/mol. The highest BCUT2D eigenvalue weighted by Gasteiger charge is 2.26. The zero-order valence-electron chi connectivity index (χ0n) is 18.2. The van der Waals surface area contributed by atoms with Crippen LogP contribution in [-0.2, 0) is 0 Å². The van der Waals surface area contributed by atoms with E-state index in [1.165, 1.54) is 0 Å². The normalized spacial score (nSPS) is 14.3. The average Bonchev–Trinajstić information content (AvgIpc) is 3.29. The summed E-state index contributed by atoms with van der Waals surface area (Å²) in [5.74, 6) is 0.710. The fourth-order valence-electron chi connectivity index (χ4n) is 4.06. The fourth-order valence-corrected chi connectivity index (χ4v) is 4.06. The predicted octanol–water partition coefficient (Wildman–Crippen LogP) is 3.43. The van der Waals surface area contributed by atoms with Gasteiger partial charge in [-0.15, -0.1) is 0 Å². The maximum absolute atomic E-state index is 13.6. The highest BCUT2D eigenvalue weighted by Crippen LogP contribution is 2.27. The Morgan fingerprint density at radius 3 is 2.38 bits per heavy atom. The number of aromatic nitrogens is 5. The van der Waals surface area contributed by atoms with Gasteiger partial charge in [0.15, 0.2) is 5.65 Å². The first kappa shape index (κ1) is 20.1. The molecule has 1 aromatic carbocycles. The molecule has 0 spiro atoms. The zero-order valence-corrected chi connectivity index (χ0v) is 18.2. The van der Waals surface area contributed by atoms with Gasteiger partial charge in [0, 0.05) is 50.2 Å². The van der Waals surface area contributed by atoms with Crippen LogP contribution in [-0.4, -0.2) is 61.7 Å². The molecule has 8 heteroatoms. The Hall–Kier alpha value is -3.81. The monoisotopic (exact) mass is 427 g/mol. The molecule has 4 heterocycles. The number of carbonyl (C=O) groups excluding carboxylic acids is 1. The molecule has 0 saturated carbocycles. The summed E-state index contributed by atoms with van der Waals surface area (Å²) in [5, 5.41) is 5.32. The van der Waals surface area contributed by atoms with E-state index in [1.54, 1.807) is 24.7 Å². The van der Waals surface area contributed by atoms with Gasteiger partial charge in [-0.1, -0.05) is 30.3 Å². The lowest BCUT2D eigenvalue weighted by Crippen LogP contribution is -2.49. The number of hydrogen-bond donors (Lipinski definition) is 0. The van der Waals surface area contributed by atoms with Gasteiger partial charge < -0.3 is 9.80 Å². The summed E-state index contributed by atoms with van der Waals surface area (Å²) in [4.78, 5) is 31.2. The van der Waals surface area contributed by atoms with E-state index in [0.717, 1.165) is 22.3 Å². The summed E-state index contributed by atoms with van der Waals surface area (Å²) >= 11 is 0. The third-order valence-corrected chi connectivity index (χ3v) is 5.76. The highest BCUT2D eigenvalue weighted by atomic mass is 16.2. The minimum Gasteiger partial charge on any atom is -0.337 e. The first-order valence-corrected chi connectivity index (χ1v) is 10.9. The summed E-state index contributed by atoms with van der Waals surface area (Å²) < 4.78 is 1.88. The van der Waals surface area contributed by atoms with Crippen molar-refractivity contribution in [2.24, 2.45) is 0 Å². The van der Waals surface area contributed by atoms with Crippen LogP contribution in [0.5, 0.6) is 0 Å². The standard InChI is InChI=1S/C24H25N7O/c1-17(2)31-22-20(16-27-31)19(15-21(28-22)18-7-4-3-5-8-18)23(32)29-11-13-30(14-12-29)24-25-9-6-10-26-24/h3-10,15-17H,11-14H2,1-2H3. The average molecular weight is 428 g/mol. The number of amides is 1. The van der Waals surface area contributed by atoms with Crippen molar-refractivity contribution in [1.82, 2.24) is 29.6 Å². The second-order valence-corrected chi connectivity index (χ2v) is 8.17. The van der Waals surface area contributed by atoms with Gasteiger partial charge in [0.25, 0.3) is 5.91 Å². The van der Waals surface area contributed by atoms with Crippen molar-refractivity contribution in [3.63, 3.8) is 0 Å². The second-order valence-electron chi connectivity index (χ2n) is 8.17. The van der Waals surface area contributed by atoms with Crippen molar-refractivity contribution < 1.29 is 4.79 Å². The third-order valence-electron chi connectivity index (χ3n) is 5.76. The molecule has 162 valence electrons. The molecule has 8 nitrogen and oxygen atoms in total. The Morgan fingerprint density at radius 1 is 0.969 bits per heavy atom. The number of carbonyl (C=O) groups is 1. The maximum atomic E-state index is 13.6. The first-order chi connectivity index (χ1) is 15.6. The molecule has 4 aromatic rings. The van der Waals surface area contributed by atoms with Crippen LogP contribution in [0.25, 0.3) is 22.3 Å². The summed E-state index contributed by atoms with van der Waals surface area (Å²) in [5.41, 5.74) is 3.14. The number of rotatable bonds is 4. The van der Waals surface area contributed by atoms with Gasteiger partial charge in [0.2, 0.25) is 5.95 Å². The molecule has 1 aliphatic rings. The number of pyridine rings is 1. The van der Waals surface area contributed by atoms with Gasteiger partial charge in [0.05, 0.1) is 22.8 Å². The number of anilines is 1. The van der Waals surface area contributed by atoms with E-state index in [0.29, 0.717) is 37.7 Å². The van der Waals surface area contributed by atoms with Gasteiger partial charge in [-0.25, -0.2) is 19.6 Å². The quantitative estimate of drug-likeness (QED) is 0.496. The van der Waals surface area contributed by atoms with E-state index in [1.807, 2.05) is 46.0 Å². The molecule has 1 fully saturated rings. The Labute approximate surface area is 186 Å². The summed E-state index contributed by atoms with van der Waals surface area (Å²) in [6, 6.07) is 13.8. The largest absolute Gasteiger partial charge is 0.337 e. The molecule has 1 aliphatic heterocycles. The lowest BCUT2D eigenvalue weighted by molar-refractivity contribution is 0.0748. The lowest BCUT2D eigenvalue weighted by Gasteiger charge is -2.34. The Bertz CT molecular complexity index is 1230. The second kappa shape index (κ2) is 8.37. The van der Waals surface area contributed by atoms with Crippen molar-refractivity contribution in [2.45, 2.75) is 19.9 Å². The number of piperazine rings is 1. The Morgan fingerprint density at radius 2 is 1.69 bits per heavy atom. The zero-order chi connectivity index (χ0) is 22.1. The van der Waals surface area contributed by atoms with Gasteiger partial charge in [0.1, 0.15) is 0 Å². The molecule has 1 saturated heterocycles. The molecular formula is C24H25N7O. The van der Waals surface area contributed by atoms with E-state index in [2.05, 4.69) is 33.8 Å². The van der Waals surface area contributed by atoms with Crippen molar-refractivity contribution in [3.8, 4) is 11.3 Å². The SMILES string of the molecule is CC(C)n1ncc2c(C(=O)N3CCN(c4ncccn4)CC3)cc(-c3ccccc3)nc21. The molecule has 0 N–H and O–H groups in total. The van der Waals surface area contributed by atoms with E-state index in [-0.39, 0.29) is 11.9 Å². The summed E-state index contributed by atoms with van der Waals surface area (Å²) in [6.07, 6.45) is 5.24. The van der Waals surface area contributed by atoms with Crippen LogP contribution < -0.4 is 4.90 Å². The van der Waals surface area contributed by atoms with Crippen LogP contribution >= 0.6 is 0 Å². The van der Waals surface area contributed by atoms with Crippen LogP contribution in [0.4, 0.5) is 5.95 Å². The van der Waals surface area contributed by atoms with Crippen LogP contribution in [0.3, 0.4) is 0 Å². The van der Waals surface area contributed by atoms with Crippen molar-refractivity contribution in [2.75, 3.05) is 31.1 Å². The minimum atomic E-state index is 0.00603. The molecule has 3 aromatic heterocycles. The number of nitrogens with zero attached hydrogens (tertiary/aromatic N) is 7. The van der Waals surface area contributed by atoms with Gasteiger partial charge >= 0.3 is 0 Å². The van der Waals surface area contributed by atoms with Crippen molar-refractivity contribution in [3.05, 3.63) is 66.6 Å². The number of hydrogen-bond acceptors (Lipinski definition) is 6. The minimum absolute atomic E-state index is 0.00603. The maximum Gasteiger partial charge on any atom is 0.254 e. The number of benzene rings is 1. The van der Waals surface area contributed by atoms with Crippen LogP contribution in [0, 0.1) is 0 Å². The first-order valence-electron chi connectivity index (χ1n) is 10.9. The molecule has 0 unspecified atom stereocenters. The molecule has 0 atom stereocenters. The lowest BCUT2D eigenvalue weighted by atomic mass is 10.1. The summed E-state index contributed by atoms with van der Waals surface area (Å²) in [6.45, 7) is 6.74. The highest BCUT2D eigenvalue weighted by molar-refractivity contribution is 6.06. The molecule has 5 rings (SSSR count). The predicted molar refractivity (Wildman–Crippen MR) is 123 cm³/mol. The third kappa shape index (κ3) is 3.68. The van der Waals surface area contributed by atoms with Crippen molar-refractivity contribution in [1.29, 1.82) is 0 Å². The summed E-state index contributed by atoms with van der Waals surface area (Å²) in [7, 11) is 0.